The summed E-state index contributed by atoms with van der Waals surface area (Å²) in [5.41, 5.74) is 1.68. The minimum absolute atomic E-state index is 0.0354. The molecule has 7 nitrogen and oxygen atoms in total. The molecule has 0 saturated carbocycles. The normalized spacial score (nSPS) is 15.3. The van der Waals surface area contributed by atoms with Crippen LogP contribution in [-0.4, -0.2) is 45.4 Å². The van der Waals surface area contributed by atoms with Gasteiger partial charge in [-0.25, -0.2) is 0 Å². The van der Waals surface area contributed by atoms with Crippen molar-refractivity contribution >= 4 is 16.7 Å². The van der Waals surface area contributed by atoms with E-state index in [1.54, 1.807) is 6.20 Å². The third kappa shape index (κ3) is 3.63. The van der Waals surface area contributed by atoms with Crippen LogP contribution >= 0.6 is 0 Å². The van der Waals surface area contributed by atoms with Crippen molar-refractivity contribution in [1.82, 2.24) is 20.3 Å². The first-order valence-corrected chi connectivity index (χ1v) is 9.18. The summed E-state index contributed by atoms with van der Waals surface area (Å²) in [6.45, 7) is 5.05. The standard InChI is InChI=1S/C20H22N4O3/c1-13-18(14(2)27-23-13)11-19(25)24-9-7-16(8-10-24)26-20-17-6-4-3-5-15(17)12-21-22-20/h3-6,12,16H,7-11H2,1-2H3. The second-order valence-electron chi connectivity index (χ2n) is 6.91. The molecule has 0 bridgehead atoms. The Bertz CT molecular complexity index is 936. The molecule has 0 N–H and O–H groups in total. The number of carbonyl (C=O) groups is 1. The monoisotopic (exact) mass is 366 g/mol. The molecule has 140 valence electrons. The summed E-state index contributed by atoms with van der Waals surface area (Å²) < 4.78 is 11.3. The maximum atomic E-state index is 12.6. The highest BCUT2D eigenvalue weighted by Gasteiger charge is 2.26. The smallest absolute Gasteiger partial charge is 0.241 e. The summed E-state index contributed by atoms with van der Waals surface area (Å²) in [6, 6.07) is 7.91. The molecular formula is C20H22N4O3. The Balaban J connectivity index is 1.37. The number of aromatic nitrogens is 3. The number of piperidine rings is 1. The third-order valence-corrected chi connectivity index (χ3v) is 5.12. The number of rotatable bonds is 4. The molecule has 1 aliphatic rings. The molecule has 4 rings (SSSR count). The maximum absolute atomic E-state index is 12.6. The van der Waals surface area contributed by atoms with Gasteiger partial charge in [-0.3, -0.25) is 4.79 Å². The van der Waals surface area contributed by atoms with Gasteiger partial charge in [0.1, 0.15) is 11.9 Å². The Labute approximate surface area is 157 Å². The van der Waals surface area contributed by atoms with E-state index in [4.69, 9.17) is 9.26 Å². The number of amides is 1. The number of likely N-dealkylation sites (tertiary alicyclic amines) is 1. The molecule has 0 spiro atoms. The fourth-order valence-electron chi connectivity index (χ4n) is 3.49. The molecule has 1 amide bonds. The molecule has 0 aliphatic carbocycles. The Morgan fingerprint density at radius 3 is 2.78 bits per heavy atom. The summed E-state index contributed by atoms with van der Waals surface area (Å²) in [7, 11) is 0. The number of nitrogens with zero attached hydrogens (tertiary/aromatic N) is 4. The zero-order valence-electron chi connectivity index (χ0n) is 15.5. The second-order valence-corrected chi connectivity index (χ2v) is 6.91. The van der Waals surface area contributed by atoms with Crippen molar-refractivity contribution < 1.29 is 14.1 Å². The Morgan fingerprint density at radius 1 is 1.26 bits per heavy atom. The van der Waals surface area contributed by atoms with E-state index in [9.17, 15) is 4.79 Å². The first kappa shape index (κ1) is 17.5. The van der Waals surface area contributed by atoms with Crippen molar-refractivity contribution in [2.45, 2.75) is 39.2 Å². The van der Waals surface area contributed by atoms with Crippen molar-refractivity contribution in [3.63, 3.8) is 0 Å². The average Bonchev–Trinajstić information content (AvgIpc) is 3.01. The Kier molecular flexibility index (Phi) is 4.75. The van der Waals surface area contributed by atoms with Crippen LogP contribution < -0.4 is 4.74 Å². The van der Waals surface area contributed by atoms with E-state index in [2.05, 4.69) is 15.4 Å². The lowest BCUT2D eigenvalue weighted by Crippen LogP contribution is -2.42. The predicted molar refractivity (Wildman–Crippen MR) is 99.4 cm³/mol. The molecule has 3 aromatic rings. The highest BCUT2D eigenvalue weighted by atomic mass is 16.5. The summed E-state index contributed by atoms with van der Waals surface area (Å²) >= 11 is 0. The lowest BCUT2D eigenvalue weighted by Gasteiger charge is -2.32. The fraction of sp³-hybridized carbons (Fsp3) is 0.400. The van der Waals surface area contributed by atoms with Gasteiger partial charge < -0.3 is 14.2 Å². The number of benzene rings is 1. The van der Waals surface area contributed by atoms with Gasteiger partial charge in [0.15, 0.2) is 0 Å². The molecule has 0 radical (unpaired) electrons. The molecule has 0 atom stereocenters. The number of fused-ring (bicyclic) bond motifs is 1. The predicted octanol–water partition coefficient (Wildman–Crippen LogP) is 2.85. The fourth-order valence-corrected chi connectivity index (χ4v) is 3.49. The van der Waals surface area contributed by atoms with Gasteiger partial charge in [-0.05, 0) is 19.9 Å². The van der Waals surface area contributed by atoms with E-state index in [1.165, 1.54) is 0 Å². The zero-order valence-corrected chi connectivity index (χ0v) is 15.5. The molecule has 27 heavy (non-hydrogen) atoms. The van der Waals surface area contributed by atoms with E-state index >= 15 is 0 Å². The molecule has 0 unspecified atom stereocenters. The lowest BCUT2D eigenvalue weighted by molar-refractivity contribution is -0.132. The first-order chi connectivity index (χ1) is 13.1. The minimum Gasteiger partial charge on any atom is -0.473 e. The van der Waals surface area contributed by atoms with E-state index in [0.29, 0.717) is 31.2 Å². The van der Waals surface area contributed by atoms with Crippen molar-refractivity contribution in [3.05, 3.63) is 47.5 Å². The van der Waals surface area contributed by atoms with Gasteiger partial charge in [-0.2, -0.15) is 5.10 Å². The number of carbonyl (C=O) groups excluding carboxylic acids is 1. The molecule has 3 heterocycles. The third-order valence-electron chi connectivity index (χ3n) is 5.12. The van der Waals surface area contributed by atoms with Gasteiger partial charge in [-0.1, -0.05) is 23.4 Å². The zero-order chi connectivity index (χ0) is 18.8. The van der Waals surface area contributed by atoms with E-state index < -0.39 is 0 Å². The molecule has 1 aromatic carbocycles. The van der Waals surface area contributed by atoms with E-state index in [-0.39, 0.29) is 12.0 Å². The van der Waals surface area contributed by atoms with Crippen LogP contribution in [0, 0.1) is 13.8 Å². The molecular weight excluding hydrogens is 344 g/mol. The molecule has 1 fully saturated rings. The largest absolute Gasteiger partial charge is 0.473 e. The summed E-state index contributed by atoms with van der Waals surface area (Å²) in [6.07, 6.45) is 3.66. The molecule has 7 heteroatoms. The molecule has 2 aromatic heterocycles. The number of ether oxygens (including phenoxy) is 1. The van der Waals surface area contributed by atoms with Crippen molar-refractivity contribution in [2.24, 2.45) is 0 Å². The topological polar surface area (TPSA) is 81.4 Å². The van der Waals surface area contributed by atoms with Gasteiger partial charge in [-0.15, -0.1) is 5.10 Å². The van der Waals surface area contributed by atoms with Gasteiger partial charge in [0, 0.05) is 42.3 Å². The van der Waals surface area contributed by atoms with Gasteiger partial charge >= 0.3 is 0 Å². The van der Waals surface area contributed by atoms with Crippen molar-refractivity contribution in [1.29, 1.82) is 0 Å². The van der Waals surface area contributed by atoms with Crippen LogP contribution in [0.5, 0.6) is 5.88 Å². The van der Waals surface area contributed by atoms with Crippen LogP contribution in [0.3, 0.4) is 0 Å². The summed E-state index contributed by atoms with van der Waals surface area (Å²) in [5.74, 6) is 1.38. The number of aryl methyl sites for hydroxylation is 2. The second kappa shape index (κ2) is 7.34. The van der Waals surface area contributed by atoms with E-state index in [1.807, 2.05) is 43.0 Å². The quantitative estimate of drug-likeness (QED) is 0.706. The number of hydrogen-bond acceptors (Lipinski definition) is 6. The first-order valence-electron chi connectivity index (χ1n) is 9.18. The Hall–Kier alpha value is -2.96. The SMILES string of the molecule is Cc1noc(C)c1CC(=O)N1CCC(Oc2nncc3ccccc23)CC1. The van der Waals surface area contributed by atoms with Crippen LogP contribution in [-0.2, 0) is 11.2 Å². The molecule has 1 aliphatic heterocycles. The molecule has 1 saturated heterocycles. The highest BCUT2D eigenvalue weighted by molar-refractivity contribution is 5.85. The van der Waals surface area contributed by atoms with Crippen LogP contribution in [0.4, 0.5) is 0 Å². The highest BCUT2D eigenvalue weighted by Crippen LogP contribution is 2.25. The van der Waals surface area contributed by atoms with Gasteiger partial charge in [0.05, 0.1) is 18.3 Å². The summed E-state index contributed by atoms with van der Waals surface area (Å²) in [4.78, 5) is 14.5. The van der Waals surface area contributed by atoms with Crippen LogP contribution in [0.15, 0.2) is 35.0 Å². The van der Waals surface area contributed by atoms with Crippen molar-refractivity contribution in [3.8, 4) is 5.88 Å². The van der Waals surface area contributed by atoms with Crippen LogP contribution in [0.1, 0.15) is 29.9 Å². The van der Waals surface area contributed by atoms with Gasteiger partial charge in [0.2, 0.25) is 11.8 Å². The lowest BCUT2D eigenvalue weighted by atomic mass is 10.1. The maximum Gasteiger partial charge on any atom is 0.241 e. The Morgan fingerprint density at radius 2 is 2.04 bits per heavy atom. The van der Waals surface area contributed by atoms with Gasteiger partial charge in [0.25, 0.3) is 0 Å². The van der Waals surface area contributed by atoms with Crippen LogP contribution in [0.25, 0.3) is 10.8 Å². The van der Waals surface area contributed by atoms with Crippen LogP contribution in [0.2, 0.25) is 0 Å². The minimum atomic E-state index is 0.0354. The van der Waals surface area contributed by atoms with Crippen molar-refractivity contribution in [2.75, 3.05) is 13.1 Å². The number of hydrogen-bond donors (Lipinski definition) is 0. The van der Waals surface area contributed by atoms with E-state index in [0.717, 1.165) is 34.9 Å². The average molecular weight is 366 g/mol. The summed E-state index contributed by atoms with van der Waals surface area (Å²) in [5, 5.41) is 14.1.